The van der Waals surface area contributed by atoms with Crippen molar-refractivity contribution < 1.29 is 9.50 Å². The van der Waals surface area contributed by atoms with Gasteiger partial charge in [-0.2, -0.15) is 0 Å². The van der Waals surface area contributed by atoms with Crippen LogP contribution in [0, 0.1) is 5.82 Å². The van der Waals surface area contributed by atoms with E-state index in [1.165, 1.54) is 12.3 Å². The predicted molar refractivity (Wildman–Crippen MR) is 54.8 cm³/mol. The second kappa shape index (κ2) is 3.54. The van der Waals surface area contributed by atoms with Crippen molar-refractivity contribution in [3.8, 4) is 0 Å². The van der Waals surface area contributed by atoms with Gasteiger partial charge in [0.05, 0.1) is 12.3 Å². The van der Waals surface area contributed by atoms with E-state index in [-0.39, 0.29) is 11.6 Å². The molecule has 1 aliphatic rings. The average molecular weight is 210 g/mol. The zero-order chi connectivity index (χ0) is 11.1. The van der Waals surface area contributed by atoms with E-state index < -0.39 is 11.9 Å². The molecule has 0 aliphatic carbocycles. The maximum Gasteiger partial charge on any atom is 0.141 e. The maximum absolute atomic E-state index is 12.9. The third-order valence-corrected chi connectivity index (χ3v) is 2.76. The lowest BCUT2D eigenvalue weighted by atomic mass is 9.81. The molecule has 1 fully saturated rings. The molecule has 2 rings (SSSR count). The lowest BCUT2D eigenvalue weighted by Gasteiger charge is -2.46. The van der Waals surface area contributed by atoms with Crippen LogP contribution in [0.1, 0.15) is 31.9 Å². The molecule has 1 aromatic heterocycles. The number of hydrogen-bond donors (Lipinski definition) is 2. The van der Waals surface area contributed by atoms with Crippen molar-refractivity contribution in [2.75, 3.05) is 0 Å². The van der Waals surface area contributed by atoms with Gasteiger partial charge in [0, 0.05) is 23.3 Å². The van der Waals surface area contributed by atoms with Crippen LogP contribution in [0.2, 0.25) is 0 Å². The van der Waals surface area contributed by atoms with Gasteiger partial charge in [0.1, 0.15) is 5.82 Å². The standard InChI is InChI=1S/C11H15FN2O/c1-11(2)4-9(14-11)10(15)7-3-8(12)6-13-5-7/h3,5-6,9-10,14-15H,4H2,1-2H3/t9-,10?/m1/s1. The zero-order valence-electron chi connectivity index (χ0n) is 8.87. The molecule has 0 spiro atoms. The van der Waals surface area contributed by atoms with Gasteiger partial charge in [-0.3, -0.25) is 4.98 Å². The van der Waals surface area contributed by atoms with Crippen LogP contribution in [0.3, 0.4) is 0 Å². The Bertz CT molecular complexity index is 359. The summed E-state index contributed by atoms with van der Waals surface area (Å²) in [6.45, 7) is 4.14. The molecule has 2 heterocycles. The smallest absolute Gasteiger partial charge is 0.141 e. The number of rotatable bonds is 2. The van der Waals surface area contributed by atoms with Crippen LogP contribution in [0.4, 0.5) is 4.39 Å². The first kappa shape index (κ1) is 10.5. The molecule has 1 unspecified atom stereocenters. The van der Waals surface area contributed by atoms with Crippen molar-refractivity contribution >= 4 is 0 Å². The van der Waals surface area contributed by atoms with Crippen molar-refractivity contribution in [1.29, 1.82) is 0 Å². The Hall–Kier alpha value is -1.00. The number of aliphatic hydroxyl groups excluding tert-OH is 1. The fourth-order valence-corrected chi connectivity index (χ4v) is 2.04. The number of halogens is 1. The minimum Gasteiger partial charge on any atom is -0.387 e. The van der Waals surface area contributed by atoms with E-state index in [1.54, 1.807) is 0 Å². The molecule has 15 heavy (non-hydrogen) atoms. The minimum atomic E-state index is -0.679. The van der Waals surface area contributed by atoms with Gasteiger partial charge in [-0.05, 0) is 26.3 Å². The Kier molecular flexibility index (Phi) is 2.48. The molecule has 0 amide bonds. The van der Waals surface area contributed by atoms with Crippen LogP contribution in [-0.4, -0.2) is 21.7 Å². The topological polar surface area (TPSA) is 45.2 Å². The summed E-state index contributed by atoms with van der Waals surface area (Å²) < 4.78 is 12.9. The quantitative estimate of drug-likeness (QED) is 0.775. The van der Waals surface area contributed by atoms with Gasteiger partial charge in [-0.1, -0.05) is 0 Å². The van der Waals surface area contributed by atoms with Crippen molar-refractivity contribution in [2.45, 2.75) is 38.0 Å². The van der Waals surface area contributed by atoms with E-state index in [0.29, 0.717) is 5.56 Å². The summed E-state index contributed by atoms with van der Waals surface area (Å²) in [5, 5.41) is 13.2. The van der Waals surface area contributed by atoms with E-state index >= 15 is 0 Å². The van der Waals surface area contributed by atoms with Gasteiger partial charge in [0.2, 0.25) is 0 Å². The zero-order valence-corrected chi connectivity index (χ0v) is 8.87. The van der Waals surface area contributed by atoms with E-state index in [1.807, 2.05) is 0 Å². The summed E-state index contributed by atoms with van der Waals surface area (Å²) in [6.07, 6.45) is 2.83. The molecule has 0 saturated carbocycles. The SMILES string of the molecule is CC1(C)C[C@H](C(O)c2cncc(F)c2)N1. The molecule has 2 atom stereocenters. The maximum atomic E-state index is 12.9. The Labute approximate surface area is 88.3 Å². The van der Waals surface area contributed by atoms with Gasteiger partial charge >= 0.3 is 0 Å². The molecule has 4 heteroatoms. The van der Waals surface area contributed by atoms with Gasteiger partial charge < -0.3 is 10.4 Å². The largest absolute Gasteiger partial charge is 0.387 e. The van der Waals surface area contributed by atoms with E-state index in [9.17, 15) is 9.50 Å². The molecule has 1 saturated heterocycles. The summed E-state index contributed by atoms with van der Waals surface area (Å²) in [5.74, 6) is -0.412. The first-order valence-electron chi connectivity index (χ1n) is 5.04. The second-order valence-corrected chi connectivity index (χ2v) is 4.72. The third-order valence-electron chi connectivity index (χ3n) is 2.76. The van der Waals surface area contributed by atoms with Gasteiger partial charge in [0.25, 0.3) is 0 Å². The fraction of sp³-hybridized carbons (Fsp3) is 0.545. The van der Waals surface area contributed by atoms with Crippen LogP contribution in [0.25, 0.3) is 0 Å². The van der Waals surface area contributed by atoms with Crippen molar-refractivity contribution in [2.24, 2.45) is 0 Å². The second-order valence-electron chi connectivity index (χ2n) is 4.72. The van der Waals surface area contributed by atoms with Gasteiger partial charge in [-0.25, -0.2) is 4.39 Å². The van der Waals surface area contributed by atoms with E-state index in [2.05, 4.69) is 24.1 Å². The Morgan fingerprint density at radius 2 is 2.27 bits per heavy atom. The number of pyridine rings is 1. The Morgan fingerprint density at radius 1 is 1.60 bits per heavy atom. The molecule has 3 nitrogen and oxygen atoms in total. The number of aromatic nitrogens is 1. The van der Waals surface area contributed by atoms with Gasteiger partial charge in [0.15, 0.2) is 0 Å². The molecule has 1 aliphatic heterocycles. The summed E-state index contributed by atoms with van der Waals surface area (Å²) in [4.78, 5) is 3.72. The minimum absolute atomic E-state index is 0.00333. The number of hydrogen-bond acceptors (Lipinski definition) is 3. The van der Waals surface area contributed by atoms with Crippen LogP contribution in [-0.2, 0) is 0 Å². The number of nitrogens with one attached hydrogen (secondary N) is 1. The van der Waals surface area contributed by atoms with Crippen LogP contribution >= 0.6 is 0 Å². The Balaban J connectivity index is 2.06. The van der Waals surface area contributed by atoms with Crippen LogP contribution < -0.4 is 5.32 Å². The number of nitrogens with zero attached hydrogens (tertiary/aromatic N) is 1. The molecule has 2 N–H and O–H groups in total. The van der Waals surface area contributed by atoms with E-state index in [4.69, 9.17) is 0 Å². The molecule has 1 aromatic rings. The lowest BCUT2D eigenvalue weighted by Crippen LogP contribution is -2.61. The molecule has 0 radical (unpaired) electrons. The van der Waals surface area contributed by atoms with Crippen molar-refractivity contribution in [3.05, 3.63) is 29.8 Å². The molecular formula is C11H15FN2O. The highest BCUT2D eigenvalue weighted by Gasteiger charge is 2.39. The normalized spacial score (nSPS) is 25.7. The first-order chi connectivity index (χ1) is 6.98. The highest BCUT2D eigenvalue weighted by atomic mass is 19.1. The summed E-state index contributed by atoms with van der Waals surface area (Å²) >= 11 is 0. The van der Waals surface area contributed by atoms with Gasteiger partial charge in [-0.15, -0.1) is 0 Å². The summed E-state index contributed by atoms with van der Waals surface area (Å²) in [6, 6.07) is 1.33. The first-order valence-corrected chi connectivity index (χ1v) is 5.04. The molecule has 0 bridgehead atoms. The summed E-state index contributed by atoms with van der Waals surface area (Å²) in [5.41, 5.74) is 0.606. The lowest BCUT2D eigenvalue weighted by molar-refractivity contribution is 0.0386. The summed E-state index contributed by atoms with van der Waals surface area (Å²) in [7, 11) is 0. The monoisotopic (exact) mass is 210 g/mol. The third kappa shape index (κ3) is 2.16. The molecule has 82 valence electrons. The number of aliphatic hydroxyl groups is 1. The highest BCUT2D eigenvalue weighted by Crippen LogP contribution is 2.31. The van der Waals surface area contributed by atoms with Crippen molar-refractivity contribution in [1.82, 2.24) is 10.3 Å². The van der Waals surface area contributed by atoms with Crippen molar-refractivity contribution in [3.63, 3.8) is 0 Å². The average Bonchev–Trinajstić information content (AvgIpc) is 2.13. The Morgan fingerprint density at radius 3 is 2.80 bits per heavy atom. The van der Waals surface area contributed by atoms with Crippen LogP contribution in [0.15, 0.2) is 18.5 Å². The predicted octanol–water partition coefficient (Wildman–Crippen LogP) is 1.39. The molecular weight excluding hydrogens is 195 g/mol. The van der Waals surface area contributed by atoms with Crippen LogP contribution in [0.5, 0.6) is 0 Å². The molecule has 0 aromatic carbocycles. The highest BCUT2D eigenvalue weighted by molar-refractivity contribution is 5.17. The van der Waals surface area contributed by atoms with E-state index in [0.717, 1.165) is 12.6 Å². The fourth-order valence-electron chi connectivity index (χ4n) is 2.04.